The van der Waals surface area contributed by atoms with Crippen molar-refractivity contribution in [3.8, 4) is 11.5 Å². The van der Waals surface area contributed by atoms with Crippen LogP contribution in [0, 0.1) is 0 Å². The summed E-state index contributed by atoms with van der Waals surface area (Å²) in [4.78, 5) is 0. The molecule has 0 bridgehead atoms. The van der Waals surface area contributed by atoms with Gasteiger partial charge in [-0.15, -0.1) is 0 Å². The lowest BCUT2D eigenvalue weighted by atomic mass is 10.1. The van der Waals surface area contributed by atoms with Crippen LogP contribution in [-0.2, 0) is 13.2 Å². The molecular formula is C22H21BrO3. The van der Waals surface area contributed by atoms with Crippen LogP contribution in [0.4, 0.5) is 0 Å². The normalized spacial score (nSPS) is 11.8. The van der Waals surface area contributed by atoms with E-state index in [2.05, 4.69) is 15.9 Å². The van der Waals surface area contributed by atoms with Gasteiger partial charge >= 0.3 is 0 Å². The number of benzene rings is 3. The zero-order valence-corrected chi connectivity index (χ0v) is 15.9. The Bertz CT molecular complexity index is 744. The standard InChI is InChI=1S/C22H21BrO3/c23-14-22(24)19-11-20(25-15-17-7-3-1-4-8-17)13-21(12-19)26-16-18-9-5-2-6-10-18/h1-13,22,24H,14-16H2/t22-/m1/s1. The predicted octanol–water partition coefficient (Wildman–Crippen LogP) is 5.27. The van der Waals surface area contributed by atoms with Crippen molar-refractivity contribution >= 4 is 15.9 Å². The summed E-state index contributed by atoms with van der Waals surface area (Å²) in [6.07, 6.45) is -0.616. The molecule has 0 aliphatic heterocycles. The van der Waals surface area contributed by atoms with Crippen molar-refractivity contribution in [3.05, 3.63) is 95.6 Å². The zero-order chi connectivity index (χ0) is 18.2. The second kappa shape index (κ2) is 9.41. The molecule has 0 saturated heterocycles. The van der Waals surface area contributed by atoms with Crippen LogP contribution in [0.3, 0.4) is 0 Å². The van der Waals surface area contributed by atoms with Crippen LogP contribution in [0.2, 0.25) is 0 Å². The molecule has 4 heteroatoms. The molecule has 0 aliphatic carbocycles. The lowest BCUT2D eigenvalue weighted by Gasteiger charge is -2.15. The minimum absolute atomic E-state index is 0.452. The second-order valence-corrected chi connectivity index (χ2v) is 6.60. The first-order valence-electron chi connectivity index (χ1n) is 8.47. The molecule has 0 radical (unpaired) electrons. The largest absolute Gasteiger partial charge is 0.489 e. The number of rotatable bonds is 8. The van der Waals surface area contributed by atoms with Crippen molar-refractivity contribution in [3.63, 3.8) is 0 Å². The minimum Gasteiger partial charge on any atom is -0.489 e. The quantitative estimate of drug-likeness (QED) is 0.511. The van der Waals surface area contributed by atoms with Crippen LogP contribution in [0.15, 0.2) is 78.9 Å². The van der Waals surface area contributed by atoms with Crippen LogP contribution < -0.4 is 9.47 Å². The Labute approximate surface area is 162 Å². The second-order valence-electron chi connectivity index (χ2n) is 5.96. The van der Waals surface area contributed by atoms with Gasteiger partial charge in [0.15, 0.2) is 0 Å². The molecule has 0 aliphatic rings. The third-order valence-electron chi connectivity index (χ3n) is 3.93. The summed E-state index contributed by atoms with van der Waals surface area (Å²) in [6, 6.07) is 25.5. The molecule has 3 rings (SSSR count). The Morgan fingerprint density at radius 3 is 1.62 bits per heavy atom. The van der Waals surface area contributed by atoms with Crippen molar-refractivity contribution < 1.29 is 14.6 Å². The van der Waals surface area contributed by atoms with Gasteiger partial charge in [-0.2, -0.15) is 0 Å². The minimum atomic E-state index is -0.616. The molecule has 3 aromatic rings. The number of aliphatic hydroxyl groups is 1. The molecule has 1 atom stereocenters. The highest BCUT2D eigenvalue weighted by Gasteiger charge is 2.11. The fraction of sp³-hybridized carbons (Fsp3) is 0.182. The molecular weight excluding hydrogens is 392 g/mol. The zero-order valence-electron chi connectivity index (χ0n) is 14.3. The smallest absolute Gasteiger partial charge is 0.123 e. The third kappa shape index (κ3) is 5.35. The summed E-state index contributed by atoms with van der Waals surface area (Å²) in [6.45, 7) is 0.930. The first-order chi connectivity index (χ1) is 12.7. The van der Waals surface area contributed by atoms with Crippen molar-refractivity contribution in [2.75, 3.05) is 5.33 Å². The van der Waals surface area contributed by atoms with E-state index in [9.17, 15) is 5.11 Å². The molecule has 0 amide bonds. The number of alkyl halides is 1. The summed E-state index contributed by atoms with van der Waals surface area (Å²) < 4.78 is 11.8. The summed E-state index contributed by atoms with van der Waals surface area (Å²) >= 11 is 3.32. The highest BCUT2D eigenvalue weighted by Crippen LogP contribution is 2.28. The van der Waals surface area contributed by atoms with E-state index in [1.165, 1.54) is 0 Å². The lowest BCUT2D eigenvalue weighted by Crippen LogP contribution is -2.03. The Balaban J connectivity index is 1.74. The molecule has 134 valence electrons. The number of hydrogen-bond donors (Lipinski definition) is 1. The molecule has 3 aromatic carbocycles. The maximum Gasteiger partial charge on any atom is 0.123 e. The fourth-order valence-electron chi connectivity index (χ4n) is 2.52. The summed E-state index contributed by atoms with van der Waals surface area (Å²) in [5.74, 6) is 1.35. The summed E-state index contributed by atoms with van der Waals surface area (Å²) in [5.41, 5.74) is 2.94. The molecule has 0 heterocycles. The molecule has 0 unspecified atom stereocenters. The maximum atomic E-state index is 10.2. The summed E-state index contributed by atoms with van der Waals surface area (Å²) in [5, 5.41) is 10.6. The van der Waals surface area contributed by atoms with E-state index >= 15 is 0 Å². The van der Waals surface area contributed by atoms with E-state index < -0.39 is 6.10 Å². The van der Waals surface area contributed by atoms with Gasteiger partial charge in [-0.1, -0.05) is 76.6 Å². The van der Waals surface area contributed by atoms with E-state index in [4.69, 9.17) is 9.47 Å². The average Bonchev–Trinajstić information content (AvgIpc) is 2.71. The van der Waals surface area contributed by atoms with Crippen molar-refractivity contribution in [1.29, 1.82) is 0 Å². The van der Waals surface area contributed by atoms with Crippen LogP contribution in [0.25, 0.3) is 0 Å². The molecule has 0 spiro atoms. The lowest BCUT2D eigenvalue weighted by molar-refractivity contribution is 0.203. The maximum absolute atomic E-state index is 10.2. The van der Waals surface area contributed by atoms with E-state index in [1.807, 2.05) is 78.9 Å². The van der Waals surface area contributed by atoms with Crippen LogP contribution >= 0.6 is 15.9 Å². The van der Waals surface area contributed by atoms with Gasteiger partial charge < -0.3 is 14.6 Å². The Kier molecular flexibility index (Phi) is 6.69. The van der Waals surface area contributed by atoms with Crippen LogP contribution in [0.1, 0.15) is 22.8 Å². The van der Waals surface area contributed by atoms with E-state index in [0.717, 1.165) is 16.7 Å². The van der Waals surface area contributed by atoms with E-state index in [-0.39, 0.29) is 0 Å². The number of halogens is 1. The number of hydrogen-bond acceptors (Lipinski definition) is 3. The Hall–Kier alpha value is -2.30. The van der Waals surface area contributed by atoms with Crippen LogP contribution in [0.5, 0.6) is 11.5 Å². The SMILES string of the molecule is O[C@H](CBr)c1cc(OCc2ccccc2)cc(OCc2ccccc2)c1. The molecule has 0 aromatic heterocycles. The highest BCUT2D eigenvalue weighted by atomic mass is 79.9. The Morgan fingerprint density at radius 1 is 0.731 bits per heavy atom. The van der Waals surface area contributed by atoms with Gasteiger partial charge in [0.25, 0.3) is 0 Å². The average molecular weight is 413 g/mol. The Morgan fingerprint density at radius 2 is 1.19 bits per heavy atom. The van der Waals surface area contributed by atoms with Crippen molar-refractivity contribution in [2.45, 2.75) is 19.3 Å². The van der Waals surface area contributed by atoms with Crippen molar-refractivity contribution in [1.82, 2.24) is 0 Å². The topological polar surface area (TPSA) is 38.7 Å². The number of aliphatic hydroxyl groups excluding tert-OH is 1. The first kappa shape index (κ1) is 18.5. The third-order valence-corrected chi connectivity index (χ3v) is 4.54. The predicted molar refractivity (Wildman–Crippen MR) is 107 cm³/mol. The van der Waals surface area contributed by atoms with Crippen LogP contribution in [-0.4, -0.2) is 10.4 Å². The summed E-state index contributed by atoms with van der Waals surface area (Å²) in [7, 11) is 0. The fourth-order valence-corrected chi connectivity index (χ4v) is 2.90. The van der Waals surface area contributed by atoms with E-state index in [1.54, 1.807) is 0 Å². The van der Waals surface area contributed by atoms with Gasteiger partial charge in [0, 0.05) is 11.4 Å². The van der Waals surface area contributed by atoms with Gasteiger partial charge in [-0.3, -0.25) is 0 Å². The molecule has 26 heavy (non-hydrogen) atoms. The van der Waals surface area contributed by atoms with Gasteiger partial charge in [-0.25, -0.2) is 0 Å². The van der Waals surface area contributed by atoms with Gasteiger partial charge in [0.1, 0.15) is 24.7 Å². The highest BCUT2D eigenvalue weighted by molar-refractivity contribution is 9.09. The van der Waals surface area contributed by atoms with Gasteiger partial charge in [-0.05, 0) is 28.8 Å². The first-order valence-corrected chi connectivity index (χ1v) is 9.59. The molecule has 1 N–H and O–H groups in total. The van der Waals surface area contributed by atoms with E-state index in [0.29, 0.717) is 30.0 Å². The molecule has 0 saturated carbocycles. The van der Waals surface area contributed by atoms with Gasteiger partial charge in [0.05, 0.1) is 6.10 Å². The monoisotopic (exact) mass is 412 g/mol. The van der Waals surface area contributed by atoms with Crippen molar-refractivity contribution in [2.24, 2.45) is 0 Å². The molecule has 3 nitrogen and oxygen atoms in total. The van der Waals surface area contributed by atoms with Gasteiger partial charge in [0.2, 0.25) is 0 Å². The number of ether oxygens (including phenoxy) is 2. The molecule has 0 fully saturated rings.